The van der Waals surface area contributed by atoms with Gasteiger partial charge in [0, 0.05) is 16.3 Å². The van der Waals surface area contributed by atoms with Crippen molar-refractivity contribution in [3.63, 3.8) is 0 Å². The van der Waals surface area contributed by atoms with Crippen LogP contribution in [-0.2, 0) is 9.59 Å². The Morgan fingerprint density at radius 1 is 1.03 bits per heavy atom. The van der Waals surface area contributed by atoms with Gasteiger partial charge in [-0.05, 0) is 97.9 Å². The van der Waals surface area contributed by atoms with Gasteiger partial charge in [-0.25, -0.2) is 8.78 Å². The molecular formula is C19H23Br2F2IN2O4. The fourth-order valence-corrected chi connectivity index (χ4v) is 2.58. The van der Waals surface area contributed by atoms with E-state index in [1.54, 1.807) is 32.3 Å². The summed E-state index contributed by atoms with van der Waals surface area (Å²) in [7, 11) is 3.19. The van der Waals surface area contributed by atoms with Crippen LogP contribution in [0.2, 0.25) is 0 Å². The van der Waals surface area contributed by atoms with Gasteiger partial charge in [-0.15, -0.1) is 0 Å². The molecule has 0 amide bonds. The predicted octanol–water partition coefficient (Wildman–Crippen LogP) is 5.23. The van der Waals surface area contributed by atoms with Crippen LogP contribution in [0.5, 0.6) is 0 Å². The highest BCUT2D eigenvalue weighted by Gasteiger charge is 2.07. The van der Waals surface area contributed by atoms with Gasteiger partial charge < -0.3 is 20.4 Å². The molecule has 6 nitrogen and oxygen atoms in total. The molecule has 30 heavy (non-hydrogen) atoms. The van der Waals surface area contributed by atoms with Crippen molar-refractivity contribution in [2.45, 2.75) is 7.43 Å². The van der Waals surface area contributed by atoms with Crippen LogP contribution < -0.4 is 10.2 Å². The van der Waals surface area contributed by atoms with Crippen molar-refractivity contribution in [1.82, 2.24) is 5.32 Å². The van der Waals surface area contributed by atoms with Gasteiger partial charge in [0.05, 0.1) is 15.5 Å². The first-order valence-electron chi connectivity index (χ1n) is 7.82. The molecule has 3 N–H and O–H groups in total. The fourth-order valence-electron chi connectivity index (χ4n) is 1.64. The van der Waals surface area contributed by atoms with E-state index in [2.05, 4.69) is 59.8 Å². The lowest BCUT2D eigenvalue weighted by molar-refractivity contribution is -0.136. The molecule has 2 rings (SSSR count). The molecule has 11 heteroatoms. The summed E-state index contributed by atoms with van der Waals surface area (Å²) in [5, 5.41) is 18.8. The summed E-state index contributed by atoms with van der Waals surface area (Å²) in [4.78, 5) is 21.4. The quantitative estimate of drug-likeness (QED) is 0.299. The van der Waals surface area contributed by atoms with E-state index in [1.807, 2.05) is 6.07 Å². The zero-order chi connectivity index (χ0) is 22.6. The van der Waals surface area contributed by atoms with Crippen LogP contribution in [0.1, 0.15) is 7.43 Å². The Labute approximate surface area is 205 Å². The number of anilines is 1. The van der Waals surface area contributed by atoms with E-state index in [4.69, 9.17) is 10.2 Å². The van der Waals surface area contributed by atoms with Gasteiger partial charge in [-0.2, -0.15) is 0 Å². The first kappa shape index (κ1) is 30.9. The van der Waals surface area contributed by atoms with Crippen LogP contribution in [0.3, 0.4) is 0 Å². The number of halogens is 5. The van der Waals surface area contributed by atoms with Crippen molar-refractivity contribution >= 4 is 72.1 Å². The van der Waals surface area contributed by atoms with Crippen LogP contribution in [0, 0.1) is 15.2 Å². The SMILES string of the molecule is C.CN(CC(=O)O)c1ccc(Br)c(F)c1.CNCC(=O)O.Fc1cc(I)ccc1Br. The highest BCUT2D eigenvalue weighted by Crippen LogP contribution is 2.21. The molecule has 0 radical (unpaired) electrons. The van der Waals surface area contributed by atoms with Gasteiger partial charge in [-0.1, -0.05) is 7.43 Å². The van der Waals surface area contributed by atoms with E-state index in [1.165, 1.54) is 17.0 Å². The van der Waals surface area contributed by atoms with Gasteiger partial charge >= 0.3 is 11.9 Å². The monoisotopic (exact) mass is 666 g/mol. The average Bonchev–Trinajstić information content (AvgIpc) is 2.61. The minimum absolute atomic E-state index is 0. The number of benzene rings is 2. The molecule has 0 bridgehead atoms. The molecule has 168 valence electrons. The Morgan fingerprint density at radius 3 is 1.87 bits per heavy atom. The van der Waals surface area contributed by atoms with E-state index in [9.17, 15) is 18.4 Å². The molecule has 0 aliphatic carbocycles. The van der Waals surface area contributed by atoms with E-state index in [0.717, 1.165) is 3.57 Å². The summed E-state index contributed by atoms with van der Waals surface area (Å²) in [6, 6.07) is 9.49. The summed E-state index contributed by atoms with van der Waals surface area (Å²) in [6.45, 7) is -0.110. The molecule has 0 atom stereocenters. The van der Waals surface area contributed by atoms with Crippen LogP contribution in [0.25, 0.3) is 0 Å². The summed E-state index contributed by atoms with van der Waals surface area (Å²) >= 11 is 8.13. The third kappa shape index (κ3) is 13.8. The summed E-state index contributed by atoms with van der Waals surface area (Å²) in [5.41, 5.74) is 0.535. The van der Waals surface area contributed by atoms with Gasteiger partial charge in [-0.3, -0.25) is 9.59 Å². The zero-order valence-corrected chi connectivity index (χ0v) is 20.8. The topological polar surface area (TPSA) is 89.9 Å². The lowest BCUT2D eigenvalue weighted by Gasteiger charge is -2.16. The number of rotatable bonds is 5. The fraction of sp³-hybridized carbons (Fsp3) is 0.263. The Bertz CT molecular complexity index is 829. The zero-order valence-electron chi connectivity index (χ0n) is 15.4. The van der Waals surface area contributed by atoms with Crippen molar-refractivity contribution in [3.8, 4) is 0 Å². The second-order valence-corrected chi connectivity index (χ2v) is 8.29. The first-order chi connectivity index (χ1) is 13.5. The largest absolute Gasteiger partial charge is 0.480 e. The van der Waals surface area contributed by atoms with Crippen LogP contribution in [0.4, 0.5) is 14.5 Å². The third-order valence-corrected chi connectivity index (χ3v) is 4.88. The molecule has 0 heterocycles. The second-order valence-electron chi connectivity index (χ2n) is 5.33. The molecule has 0 aliphatic heterocycles. The van der Waals surface area contributed by atoms with Crippen molar-refractivity contribution < 1.29 is 28.6 Å². The van der Waals surface area contributed by atoms with Crippen LogP contribution in [-0.4, -0.2) is 49.3 Å². The van der Waals surface area contributed by atoms with Gasteiger partial charge in [0.1, 0.15) is 18.2 Å². The van der Waals surface area contributed by atoms with Crippen LogP contribution in [0.15, 0.2) is 45.3 Å². The highest BCUT2D eigenvalue weighted by molar-refractivity contribution is 14.1. The van der Waals surface area contributed by atoms with Crippen molar-refractivity contribution in [1.29, 1.82) is 0 Å². The predicted molar refractivity (Wildman–Crippen MR) is 130 cm³/mol. The van der Waals surface area contributed by atoms with Crippen molar-refractivity contribution in [3.05, 3.63) is 60.5 Å². The number of carbonyl (C=O) groups is 2. The summed E-state index contributed by atoms with van der Waals surface area (Å²) < 4.78 is 27.4. The van der Waals surface area contributed by atoms with Gasteiger partial charge in [0.15, 0.2) is 0 Å². The molecule has 0 fully saturated rings. The Morgan fingerprint density at radius 2 is 1.53 bits per heavy atom. The number of nitrogens with zero attached hydrogens (tertiary/aromatic N) is 1. The molecule has 2 aromatic carbocycles. The summed E-state index contributed by atoms with van der Waals surface area (Å²) in [6.07, 6.45) is 0. The molecule has 0 saturated carbocycles. The maximum absolute atomic E-state index is 13.1. The van der Waals surface area contributed by atoms with Gasteiger partial charge in [0.25, 0.3) is 0 Å². The number of carboxylic acids is 2. The average molecular weight is 668 g/mol. The molecule has 2 aromatic rings. The molecule has 0 spiro atoms. The second kappa shape index (κ2) is 16.4. The molecule has 0 saturated heterocycles. The van der Waals surface area contributed by atoms with Crippen molar-refractivity contribution in [2.75, 3.05) is 32.1 Å². The lowest BCUT2D eigenvalue weighted by atomic mass is 10.3. The number of hydrogen-bond donors (Lipinski definition) is 3. The number of carboxylic acid groups (broad SMARTS) is 2. The molecule has 0 unspecified atom stereocenters. The number of nitrogens with one attached hydrogen (secondary N) is 1. The standard InChI is InChI=1S/C9H9BrFNO2.C6H3BrFI.C3H7NO2.CH4/c1-12(5-9(13)14)6-2-3-7(10)8(11)4-6;7-5-2-1-4(9)3-6(5)8;1-4-2-3(5)6;/h2-4H,5H2,1H3,(H,13,14);1-3H;4H,2H2,1H3,(H,5,6);1H4. The lowest BCUT2D eigenvalue weighted by Crippen LogP contribution is -2.25. The smallest absolute Gasteiger partial charge is 0.323 e. The molecular weight excluding hydrogens is 645 g/mol. The maximum atomic E-state index is 13.1. The van der Waals surface area contributed by atoms with E-state index < -0.39 is 17.8 Å². The minimum Gasteiger partial charge on any atom is -0.480 e. The Kier molecular flexibility index (Phi) is 16.9. The molecule has 0 aliphatic rings. The number of hydrogen-bond acceptors (Lipinski definition) is 4. The van der Waals surface area contributed by atoms with E-state index >= 15 is 0 Å². The Balaban J connectivity index is 0. The minimum atomic E-state index is -0.948. The van der Waals surface area contributed by atoms with Crippen molar-refractivity contribution in [2.24, 2.45) is 0 Å². The number of aliphatic carboxylic acids is 2. The maximum Gasteiger partial charge on any atom is 0.323 e. The first-order valence-corrected chi connectivity index (χ1v) is 10.5. The normalized spacial score (nSPS) is 9.17. The number of likely N-dealkylation sites (N-methyl/N-ethyl adjacent to an activating group) is 2. The summed E-state index contributed by atoms with van der Waals surface area (Å²) in [5.74, 6) is -2.38. The van der Waals surface area contributed by atoms with E-state index in [-0.39, 0.29) is 26.3 Å². The van der Waals surface area contributed by atoms with E-state index in [0.29, 0.717) is 14.6 Å². The highest BCUT2D eigenvalue weighted by atomic mass is 127. The van der Waals surface area contributed by atoms with Crippen LogP contribution >= 0.6 is 54.5 Å². The molecule has 0 aromatic heterocycles. The third-order valence-electron chi connectivity index (χ3n) is 2.93. The Hall–Kier alpha value is -1.31. The van der Waals surface area contributed by atoms with Gasteiger partial charge in [0.2, 0.25) is 0 Å².